The summed E-state index contributed by atoms with van der Waals surface area (Å²) < 4.78 is 16.4. The van der Waals surface area contributed by atoms with Crippen LogP contribution in [0.15, 0.2) is 65.6 Å². The van der Waals surface area contributed by atoms with Gasteiger partial charge in [-0.2, -0.15) is 0 Å². The second-order valence-corrected chi connectivity index (χ2v) is 4.96. The van der Waals surface area contributed by atoms with Crippen LogP contribution >= 0.6 is 0 Å². The Kier molecular flexibility index (Phi) is 2.93. The van der Waals surface area contributed by atoms with Gasteiger partial charge in [0.25, 0.3) is 0 Å². The van der Waals surface area contributed by atoms with Crippen molar-refractivity contribution in [3.05, 3.63) is 61.2 Å². The maximum Gasteiger partial charge on any atom is 0.138 e. The highest BCUT2D eigenvalue weighted by Crippen LogP contribution is 2.32. The molecule has 0 N–H and O–H groups in total. The third-order valence-electron chi connectivity index (χ3n) is 3.59. The first-order valence-corrected chi connectivity index (χ1v) is 6.90. The number of hydrogen-bond donors (Lipinski definition) is 0. The first kappa shape index (κ1) is 12.7. The number of rotatable bonds is 3. The highest BCUT2D eigenvalue weighted by Gasteiger charge is 2.07. The van der Waals surface area contributed by atoms with Gasteiger partial charge in [0.2, 0.25) is 0 Å². The van der Waals surface area contributed by atoms with Gasteiger partial charge in [0.1, 0.15) is 17.2 Å². The van der Waals surface area contributed by atoms with Gasteiger partial charge in [-0.1, -0.05) is 0 Å². The largest absolute Gasteiger partial charge is 0.497 e. The lowest BCUT2D eigenvalue weighted by Crippen LogP contribution is -1.89. The van der Waals surface area contributed by atoms with E-state index in [0.29, 0.717) is 0 Å². The van der Waals surface area contributed by atoms with Crippen LogP contribution in [0.25, 0.3) is 21.7 Å². The minimum Gasteiger partial charge on any atom is -0.497 e. The van der Waals surface area contributed by atoms with E-state index in [1.165, 1.54) is 0 Å². The third-order valence-corrected chi connectivity index (χ3v) is 3.59. The quantitative estimate of drug-likeness (QED) is 0.545. The predicted octanol–water partition coefficient (Wildman–Crippen LogP) is 4.78. The molecule has 0 fully saturated rings. The molecule has 0 spiro atoms. The average Bonchev–Trinajstić information content (AvgIpc) is 3.02. The summed E-state index contributed by atoms with van der Waals surface area (Å²) in [7, 11) is 1.64. The van der Waals surface area contributed by atoms with E-state index < -0.39 is 0 Å². The van der Waals surface area contributed by atoms with Crippen LogP contribution in [0.4, 0.5) is 0 Å². The smallest absolute Gasteiger partial charge is 0.138 e. The zero-order valence-electron chi connectivity index (χ0n) is 11.9. The number of pyridine rings is 1. The van der Waals surface area contributed by atoms with Gasteiger partial charge in [0, 0.05) is 28.4 Å². The van der Waals surface area contributed by atoms with Crippen molar-refractivity contribution in [2.75, 3.05) is 7.11 Å². The predicted molar refractivity (Wildman–Crippen MR) is 84.6 cm³/mol. The molecule has 0 saturated carbocycles. The molecule has 0 radical (unpaired) electrons. The number of nitrogens with zero attached hydrogens (tertiary/aromatic N) is 1. The summed E-state index contributed by atoms with van der Waals surface area (Å²) in [6.45, 7) is 0. The summed E-state index contributed by atoms with van der Waals surface area (Å²) in [6, 6.07) is 13.4. The molecule has 2 aromatic heterocycles. The van der Waals surface area contributed by atoms with Gasteiger partial charge in [-0.3, -0.25) is 4.98 Å². The normalized spacial score (nSPS) is 11.0. The number of hydrogen-bond acceptors (Lipinski definition) is 4. The van der Waals surface area contributed by atoms with Crippen molar-refractivity contribution >= 4 is 21.7 Å². The summed E-state index contributed by atoms with van der Waals surface area (Å²) in [5.41, 5.74) is 0.834. The van der Waals surface area contributed by atoms with Crippen LogP contribution in [-0.2, 0) is 0 Å². The molecule has 4 nitrogen and oxygen atoms in total. The lowest BCUT2D eigenvalue weighted by Gasteiger charge is -2.09. The molecule has 0 saturated heterocycles. The van der Waals surface area contributed by atoms with Crippen LogP contribution in [0.3, 0.4) is 0 Å². The lowest BCUT2D eigenvalue weighted by atomic mass is 10.2. The minimum atomic E-state index is 0.760. The summed E-state index contributed by atoms with van der Waals surface area (Å²) in [6.07, 6.45) is 5.15. The Labute approximate surface area is 126 Å². The van der Waals surface area contributed by atoms with Gasteiger partial charge in [-0.15, -0.1) is 0 Å². The first-order valence-electron chi connectivity index (χ1n) is 6.90. The Balaban J connectivity index is 1.76. The second kappa shape index (κ2) is 5.07. The minimum absolute atomic E-state index is 0.760. The van der Waals surface area contributed by atoms with Crippen LogP contribution in [0.1, 0.15) is 0 Å². The molecular formula is C18H13NO3. The number of furan rings is 1. The average molecular weight is 291 g/mol. The van der Waals surface area contributed by atoms with E-state index >= 15 is 0 Å². The van der Waals surface area contributed by atoms with Crippen LogP contribution in [0.2, 0.25) is 0 Å². The van der Waals surface area contributed by atoms with Crippen molar-refractivity contribution < 1.29 is 13.9 Å². The summed E-state index contributed by atoms with van der Waals surface area (Å²) >= 11 is 0. The second-order valence-electron chi connectivity index (χ2n) is 4.96. The molecule has 108 valence electrons. The Morgan fingerprint density at radius 2 is 1.77 bits per heavy atom. The van der Waals surface area contributed by atoms with Gasteiger partial charge >= 0.3 is 0 Å². The number of methoxy groups -OCH3 is 1. The lowest BCUT2D eigenvalue weighted by molar-refractivity contribution is 0.415. The molecule has 0 unspecified atom stereocenters. The van der Waals surface area contributed by atoms with Crippen molar-refractivity contribution in [2.45, 2.75) is 0 Å². The third kappa shape index (κ3) is 2.15. The van der Waals surface area contributed by atoms with E-state index in [1.54, 1.807) is 25.8 Å². The highest BCUT2D eigenvalue weighted by atomic mass is 16.5. The van der Waals surface area contributed by atoms with Crippen LogP contribution in [0.5, 0.6) is 17.2 Å². The molecule has 0 bridgehead atoms. The van der Waals surface area contributed by atoms with Crippen molar-refractivity contribution in [2.24, 2.45) is 0 Å². The van der Waals surface area contributed by atoms with E-state index in [2.05, 4.69) is 4.98 Å². The molecule has 0 aliphatic carbocycles. The molecule has 0 aliphatic heterocycles. The molecule has 2 aromatic carbocycles. The first-order chi connectivity index (χ1) is 10.8. The SMILES string of the molecule is COc1ccc2c(Oc3ccc4cocc4c3)ccnc2c1. The molecular weight excluding hydrogens is 278 g/mol. The van der Waals surface area contributed by atoms with Gasteiger partial charge in [-0.25, -0.2) is 0 Å². The maximum atomic E-state index is 6.02. The van der Waals surface area contributed by atoms with Gasteiger partial charge in [0.05, 0.1) is 25.2 Å². The Bertz CT molecular complexity index is 959. The fraction of sp³-hybridized carbons (Fsp3) is 0.0556. The van der Waals surface area contributed by atoms with Crippen LogP contribution in [-0.4, -0.2) is 12.1 Å². The monoisotopic (exact) mass is 291 g/mol. The Hall–Kier alpha value is -3.01. The zero-order valence-corrected chi connectivity index (χ0v) is 11.9. The molecule has 0 atom stereocenters. The van der Waals surface area contributed by atoms with Crippen molar-refractivity contribution in [3.63, 3.8) is 0 Å². The zero-order chi connectivity index (χ0) is 14.9. The molecule has 2 heterocycles. The highest BCUT2D eigenvalue weighted by molar-refractivity contribution is 5.87. The topological polar surface area (TPSA) is 44.5 Å². The van der Waals surface area contributed by atoms with E-state index in [4.69, 9.17) is 13.9 Å². The van der Waals surface area contributed by atoms with Gasteiger partial charge in [0.15, 0.2) is 0 Å². The Morgan fingerprint density at radius 3 is 2.68 bits per heavy atom. The Morgan fingerprint density at radius 1 is 0.909 bits per heavy atom. The number of ether oxygens (including phenoxy) is 2. The summed E-state index contributed by atoms with van der Waals surface area (Å²) in [5.74, 6) is 2.30. The van der Waals surface area contributed by atoms with Crippen molar-refractivity contribution in [1.29, 1.82) is 0 Å². The van der Waals surface area contributed by atoms with E-state index in [-0.39, 0.29) is 0 Å². The number of benzene rings is 2. The summed E-state index contributed by atoms with van der Waals surface area (Å²) in [5, 5.41) is 3.00. The fourth-order valence-corrected chi connectivity index (χ4v) is 2.45. The molecule has 4 heteroatoms. The van der Waals surface area contributed by atoms with Crippen molar-refractivity contribution in [1.82, 2.24) is 4.98 Å². The van der Waals surface area contributed by atoms with Crippen LogP contribution < -0.4 is 9.47 Å². The molecule has 0 aliphatic rings. The standard InChI is InChI=1S/C18H13NO3/c1-20-14-4-5-16-17(9-14)19-7-6-18(16)22-15-3-2-12-10-21-11-13(12)8-15/h2-11H,1H3. The van der Waals surface area contributed by atoms with Gasteiger partial charge in [-0.05, 0) is 36.4 Å². The van der Waals surface area contributed by atoms with E-state index in [1.807, 2.05) is 42.5 Å². The van der Waals surface area contributed by atoms with E-state index in [0.717, 1.165) is 38.9 Å². The fourth-order valence-electron chi connectivity index (χ4n) is 2.45. The molecule has 4 aromatic rings. The number of fused-ring (bicyclic) bond motifs is 2. The number of aromatic nitrogens is 1. The van der Waals surface area contributed by atoms with E-state index in [9.17, 15) is 0 Å². The summed E-state index contributed by atoms with van der Waals surface area (Å²) in [4.78, 5) is 4.36. The molecule has 22 heavy (non-hydrogen) atoms. The molecule has 0 amide bonds. The molecule has 4 rings (SSSR count). The van der Waals surface area contributed by atoms with Crippen molar-refractivity contribution in [3.8, 4) is 17.2 Å². The van der Waals surface area contributed by atoms with Crippen LogP contribution in [0, 0.1) is 0 Å². The van der Waals surface area contributed by atoms with Gasteiger partial charge < -0.3 is 13.9 Å². The maximum absolute atomic E-state index is 6.02.